The second-order valence-electron chi connectivity index (χ2n) is 5.10. The first-order valence-corrected chi connectivity index (χ1v) is 6.73. The summed E-state index contributed by atoms with van der Waals surface area (Å²) in [7, 11) is 0. The first kappa shape index (κ1) is 13.9. The zero-order chi connectivity index (χ0) is 13.9. The second kappa shape index (κ2) is 5.61. The summed E-state index contributed by atoms with van der Waals surface area (Å²) in [5, 5.41) is 19.7. The number of carboxylic acid groups (broad SMARTS) is 1. The van der Waals surface area contributed by atoms with Gasteiger partial charge in [0.25, 0.3) is 0 Å². The van der Waals surface area contributed by atoms with Gasteiger partial charge in [-0.1, -0.05) is 12.1 Å². The quantitative estimate of drug-likeness (QED) is 0.877. The Hall–Kier alpha value is -1.55. The van der Waals surface area contributed by atoms with Crippen molar-refractivity contribution in [2.24, 2.45) is 5.92 Å². The lowest BCUT2D eigenvalue weighted by atomic mass is 9.75. The number of aliphatic carboxylic acids is 1. The highest BCUT2D eigenvalue weighted by molar-refractivity contribution is 5.70. The molecule has 0 atom stereocenters. The predicted molar refractivity (Wildman–Crippen MR) is 71.1 cm³/mol. The van der Waals surface area contributed by atoms with Gasteiger partial charge in [-0.15, -0.1) is 0 Å². The third-order valence-corrected chi connectivity index (χ3v) is 3.84. The molecule has 0 amide bonds. The van der Waals surface area contributed by atoms with Crippen molar-refractivity contribution in [3.63, 3.8) is 0 Å². The molecule has 0 heterocycles. The minimum atomic E-state index is -0.918. The van der Waals surface area contributed by atoms with Crippen LogP contribution in [0.2, 0.25) is 0 Å². The van der Waals surface area contributed by atoms with Crippen LogP contribution in [0, 0.1) is 5.92 Å². The van der Waals surface area contributed by atoms with E-state index in [1.54, 1.807) is 0 Å². The van der Waals surface area contributed by atoms with Crippen LogP contribution >= 0.6 is 0 Å². The molecular weight excluding hydrogens is 244 g/mol. The van der Waals surface area contributed by atoms with Crippen molar-refractivity contribution in [3.8, 4) is 5.75 Å². The van der Waals surface area contributed by atoms with Crippen LogP contribution < -0.4 is 4.74 Å². The number of hydrogen-bond acceptors (Lipinski definition) is 3. The van der Waals surface area contributed by atoms with Crippen molar-refractivity contribution in [1.29, 1.82) is 0 Å². The van der Waals surface area contributed by atoms with Crippen LogP contribution in [-0.2, 0) is 10.4 Å². The molecule has 1 saturated carbocycles. The number of hydrogen-bond donors (Lipinski definition) is 2. The van der Waals surface area contributed by atoms with E-state index in [-0.39, 0.29) is 5.92 Å². The smallest absolute Gasteiger partial charge is 0.306 e. The summed E-state index contributed by atoms with van der Waals surface area (Å²) in [6.45, 7) is 2.50. The fourth-order valence-corrected chi connectivity index (χ4v) is 2.67. The fourth-order valence-electron chi connectivity index (χ4n) is 2.67. The molecule has 1 aromatic carbocycles. The Bertz CT molecular complexity index is 447. The molecule has 0 radical (unpaired) electrons. The van der Waals surface area contributed by atoms with Crippen LogP contribution in [0.15, 0.2) is 24.3 Å². The summed E-state index contributed by atoms with van der Waals surface area (Å²) in [6, 6.07) is 7.45. The van der Waals surface area contributed by atoms with E-state index in [4.69, 9.17) is 9.84 Å². The third kappa shape index (κ3) is 3.07. The van der Waals surface area contributed by atoms with Gasteiger partial charge >= 0.3 is 5.97 Å². The zero-order valence-electron chi connectivity index (χ0n) is 11.1. The standard InChI is InChI=1S/C15H20O4/c1-2-19-13-5-3-4-12(10-13)15(18)8-6-11(7-9-15)14(16)17/h3-5,10-11,18H,2,6-9H2,1H3,(H,16,17). The lowest BCUT2D eigenvalue weighted by Crippen LogP contribution is -2.33. The largest absolute Gasteiger partial charge is 0.494 e. The minimum absolute atomic E-state index is 0.324. The van der Waals surface area contributed by atoms with Gasteiger partial charge in [0.1, 0.15) is 5.75 Å². The Labute approximate surface area is 113 Å². The first-order chi connectivity index (χ1) is 9.05. The molecule has 104 valence electrons. The molecular formula is C15H20O4. The monoisotopic (exact) mass is 264 g/mol. The van der Waals surface area contributed by atoms with Crippen LogP contribution in [0.25, 0.3) is 0 Å². The van der Waals surface area contributed by atoms with Gasteiger partial charge in [0.2, 0.25) is 0 Å². The van der Waals surface area contributed by atoms with E-state index in [0.717, 1.165) is 11.3 Å². The van der Waals surface area contributed by atoms with Gasteiger partial charge in [0.15, 0.2) is 0 Å². The molecule has 1 fully saturated rings. The molecule has 4 nitrogen and oxygen atoms in total. The van der Waals surface area contributed by atoms with Gasteiger partial charge in [-0.05, 0) is 50.3 Å². The van der Waals surface area contributed by atoms with E-state index in [1.807, 2.05) is 31.2 Å². The van der Waals surface area contributed by atoms with E-state index in [1.165, 1.54) is 0 Å². The lowest BCUT2D eigenvalue weighted by Gasteiger charge is -2.35. The fraction of sp³-hybridized carbons (Fsp3) is 0.533. The van der Waals surface area contributed by atoms with Gasteiger partial charge in [-0.3, -0.25) is 4.79 Å². The van der Waals surface area contributed by atoms with Crippen molar-refractivity contribution < 1.29 is 19.7 Å². The highest BCUT2D eigenvalue weighted by atomic mass is 16.5. The Morgan fingerprint density at radius 2 is 2.11 bits per heavy atom. The number of carboxylic acids is 1. The summed E-state index contributed by atoms with van der Waals surface area (Å²) >= 11 is 0. The van der Waals surface area contributed by atoms with Crippen LogP contribution in [-0.4, -0.2) is 22.8 Å². The maximum Gasteiger partial charge on any atom is 0.306 e. The Kier molecular flexibility index (Phi) is 4.10. The van der Waals surface area contributed by atoms with Gasteiger partial charge in [-0.2, -0.15) is 0 Å². The Morgan fingerprint density at radius 3 is 2.68 bits per heavy atom. The van der Waals surface area contributed by atoms with E-state index < -0.39 is 11.6 Å². The average Bonchev–Trinajstić information content (AvgIpc) is 2.40. The molecule has 0 aromatic heterocycles. The number of aliphatic hydroxyl groups is 1. The Balaban J connectivity index is 2.13. The third-order valence-electron chi connectivity index (χ3n) is 3.84. The number of ether oxygens (including phenoxy) is 1. The van der Waals surface area contributed by atoms with E-state index in [0.29, 0.717) is 32.3 Å². The number of benzene rings is 1. The Morgan fingerprint density at radius 1 is 1.42 bits per heavy atom. The normalized spacial score (nSPS) is 26.9. The van der Waals surface area contributed by atoms with Gasteiger partial charge < -0.3 is 14.9 Å². The summed E-state index contributed by atoms with van der Waals surface area (Å²) in [5.41, 5.74) is -0.0960. The van der Waals surface area contributed by atoms with Crippen molar-refractivity contribution in [2.75, 3.05) is 6.61 Å². The lowest BCUT2D eigenvalue weighted by molar-refractivity contribution is -0.145. The van der Waals surface area contributed by atoms with Gasteiger partial charge in [0.05, 0.1) is 18.1 Å². The molecule has 4 heteroatoms. The van der Waals surface area contributed by atoms with Crippen molar-refractivity contribution in [3.05, 3.63) is 29.8 Å². The number of carbonyl (C=O) groups is 1. The minimum Gasteiger partial charge on any atom is -0.494 e. The highest BCUT2D eigenvalue weighted by Gasteiger charge is 2.37. The second-order valence-corrected chi connectivity index (χ2v) is 5.10. The molecule has 0 unspecified atom stereocenters. The van der Waals surface area contributed by atoms with Crippen LogP contribution in [0.1, 0.15) is 38.2 Å². The molecule has 19 heavy (non-hydrogen) atoms. The maximum atomic E-state index is 10.9. The molecule has 2 rings (SSSR count). The van der Waals surface area contributed by atoms with Crippen molar-refractivity contribution >= 4 is 5.97 Å². The van der Waals surface area contributed by atoms with Gasteiger partial charge in [0, 0.05) is 0 Å². The molecule has 0 saturated heterocycles. The summed E-state index contributed by atoms with van der Waals surface area (Å²) < 4.78 is 5.44. The molecule has 0 spiro atoms. The van der Waals surface area contributed by atoms with Crippen molar-refractivity contribution in [2.45, 2.75) is 38.2 Å². The van der Waals surface area contributed by atoms with Crippen molar-refractivity contribution in [1.82, 2.24) is 0 Å². The maximum absolute atomic E-state index is 10.9. The summed E-state index contributed by atoms with van der Waals surface area (Å²) in [5.74, 6) is -0.339. The predicted octanol–water partition coefficient (Wildman–Crippen LogP) is 2.55. The van der Waals surface area contributed by atoms with Crippen LogP contribution in [0.3, 0.4) is 0 Å². The molecule has 0 bridgehead atoms. The number of rotatable bonds is 4. The van der Waals surface area contributed by atoms with Gasteiger partial charge in [-0.25, -0.2) is 0 Å². The molecule has 1 aromatic rings. The zero-order valence-corrected chi connectivity index (χ0v) is 11.1. The molecule has 2 N–H and O–H groups in total. The van der Waals surface area contributed by atoms with Crippen LogP contribution in [0.4, 0.5) is 0 Å². The average molecular weight is 264 g/mol. The van der Waals surface area contributed by atoms with E-state index in [9.17, 15) is 9.90 Å². The SMILES string of the molecule is CCOc1cccc(C2(O)CCC(C(=O)O)CC2)c1. The highest BCUT2D eigenvalue weighted by Crippen LogP contribution is 2.40. The summed E-state index contributed by atoms with van der Waals surface area (Å²) in [6.07, 6.45) is 2.01. The molecule has 0 aliphatic heterocycles. The first-order valence-electron chi connectivity index (χ1n) is 6.73. The topological polar surface area (TPSA) is 66.8 Å². The molecule has 1 aliphatic rings. The molecule has 1 aliphatic carbocycles. The van der Waals surface area contributed by atoms with Crippen LogP contribution in [0.5, 0.6) is 5.75 Å². The summed E-state index contributed by atoms with van der Waals surface area (Å²) in [4.78, 5) is 10.9. The van der Waals surface area contributed by atoms with E-state index >= 15 is 0 Å². The van der Waals surface area contributed by atoms with E-state index in [2.05, 4.69) is 0 Å².